The van der Waals surface area contributed by atoms with E-state index in [1.54, 1.807) is 9.80 Å². The summed E-state index contributed by atoms with van der Waals surface area (Å²) >= 11 is 0. The Hall–Kier alpha value is -2.12. The second kappa shape index (κ2) is 4.22. The zero-order chi connectivity index (χ0) is 13.6. The molecule has 0 atom stereocenters. The first kappa shape index (κ1) is 11.9. The number of carboxylic acid groups (broad SMARTS) is 1. The second-order valence-corrected chi connectivity index (χ2v) is 5.07. The number of carbonyl (C=O) groups is 2. The van der Waals surface area contributed by atoms with Crippen LogP contribution >= 0.6 is 0 Å². The SMILES string of the molecule is CN(C(=O)N1CC(n2cc(C(=O)O)nn2)C1)C1CC1. The highest BCUT2D eigenvalue weighted by Crippen LogP contribution is 2.29. The number of urea groups is 1. The lowest BCUT2D eigenvalue weighted by Crippen LogP contribution is -2.55. The highest BCUT2D eigenvalue weighted by atomic mass is 16.4. The van der Waals surface area contributed by atoms with Crippen LogP contribution in [-0.2, 0) is 0 Å². The van der Waals surface area contributed by atoms with Crippen LogP contribution in [0.15, 0.2) is 6.20 Å². The topological polar surface area (TPSA) is 91.6 Å². The van der Waals surface area contributed by atoms with Gasteiger partial charge in [-0.05, 0) is 12.8 Å². The van der Waals surface area contributed by atoms with Gasteiger partial charge in [-0.15, -0.1) is 5.10 Å². The third-order valence-corrected chi connectivity index (χ3v) is 3.63. The summed E-state index contributed by atoms with van der Waals surface area (Å²) in [7, 11) is 1.82. The normalized spacial score (nSPS) is 19.1. The van der Waals surface area contributed by atoms with Gasteiger partial charge in [-0.1, -0.05) is 5.21 Å². The largest absolute Gasteiger partial charge is 0.476 e. The molecule has 0 radical (unpaired) electrons. The average Bonchev–Trinajstić information content (AvgIpc) is 3.05. The summed E-state index contributed by atoms with van der Waals surface area (Å²) in [5.74, 6) is -1.09. The molecule has 2 fully saturated rings. The number of amides is 2. The van der Waals surface area contributed by atoms with Gasteiger partial charge in [0, 0.05) is 26.2 Å². The van der Waals surface area contributed by atoms with Crippen molar-refractivity contribution in [2.75, 3.05) is 20.1 Å². The molecule has 102 valence electrons. The zero-order valence-corrected chi connectivity index (χ0v) is 10.6. The van der Waals surface area contributed by atoms with Gasteiger partial charge >= 0.3 is 12.0 Å². The second-order valence-electron chi connectivity index (χ2n) is 5.07. The maximum absolute atomic E-state index is 12.0. The molecule has 1 saturated heterocycles. The van der Waals surface area contributed by atoms with Crippen LogP contribution in [0.3, 0.4) is 0 Å². The fraction of sp³-hybridized carbons (Fsp3) is 0.636. The number of aromatic carboxylic acids is 1. The highest BCUT2D eigenvalue weighted by molar-refractivity contribution is 5.84. The molecular weight excluding hydrogens is 250 g/mol. The fourth-order valence-corrected chi connectivity index (χ4v) is 2.17. The van der Waals surface area contributed by atoms with Gasteiger partial charge in [0.1, 0.15) is 0 Å². The molecular formula is C11H15N5O3. The monoisotopic (exact) mass is 265 g/mol. The van der Waals surface area contributed by atoms with E-state index in [0.717, 1.165) is 12.8 Å². The fourth-order valence-electron chi connectivity index (χ4n) is 2.17. The molecule has 0 bridgehead atoms. The van der Waals surface area contributed by atoms with Crippen molar-refractivity contribution < 1.29 is 14.7 Å². The molecule has 1 aliphatic heterocycles. The average molecular weight is 265 g/mol. The van der Waals surface area contributed by atoms with Crippen LogP contribution in [0.4, 0.5) is 4.79 Å². The van der Waals surface area contributed by atoms with Gasteiger partial charge < -0.3 is 14.9 Å². The standard InChI is InChI=1S/C11H15N5O3/c1-14(7-2-3-7)11(19)15-4-8(5-15)16-6-9(10(17)18)12-13-16/h6-8H,2-5H2,1H3,(H,17,18). The van der Waals surface area contributed by atoms with Gasteiger partial charge in [0.15, 0.2) is 5.69 Å². The van der Waals surface area contributed by atoms with E-state index in [-0.39, 0.29) is 17.8 Å². The summed E-state index contributed by atoms with van der Waals surface area (Å²) in [4.78, 5) is 26.2. The highest BCUT2D eigenvalue weighted by Gasteiger charge is 2.38. The van der Waals surface area contributed by atoms with E-state index in [1.165, 1.54) is 10.9 Å². The first-order chi connectivity index (χ1) is 9.06. The van der Waals surface area contributed by atoms with Gasteiger partial charge in [-0.2, -0.15) is 0 Å². The Morgan fingerprint density at radius 2 is 2.11 bits per heavy atom. The Balaban J connectivity index is 1.56. The quantitative estimate of drug-likeness (QED) is 0.833. The number of carbonyl (C=O) groups excluding carboxylic acids is 1. The molecule has 1 aromatic rings. The molecule has 0 spiro atoms. The number of rotatable bonds is 3. The third-order valence-electron chi connectivity index (χ3n) is 3.63. The maximum atomic E-state index is 12.0. The summed E-state index contributed by atoms with van der Waals surface area (Å²) in [6.45, 7) is 1.11. The number of nitrogens with zero attached hydrogens (tertiary/aromatic N) is 5. The van der Waals surface area contributed by atoms with Crippen LogP contribution in [0.2, 0.25) is 0 Å². The summed E-state index contributed by atoms with van der Waals surface area (Å²) < 4.78 is 1.52. The molecule has 1 saturated carbocycles. The number of aromatic nitrogens is 3. The van der Waals surface area contributed by atoms with Crippen molar-refractivity contribution in [2.24, 2.45) is 0 Å². The molecule has 19 heavy (non-hydrogen) atoms. The van der Waals surface area contributed by atoms with Crippen LogP contribution in [0, 0.1) is 0 Å². The Morgan fingerprint density at radius 1 is 1.42 bits per heavy atom. The molecule has 8 heteroatoms. The van der Waals surface area contributed by atoms with Crippen molar-refractivity contribution in [1.82, 2.24) is 24.8 Å². The molecule has 1 N–H and O–H groups in total. The van der Waals surface area contributed by atoms with Crippen LogP contribution < -0.4 is 0 Å². The molecule has 8 nitrogen and oxygen atoms in total. The zero-order valence-electron chi connectivity index (χ0n) is 10.6. The van der Waals surface area contributed by atoms with Gasteiger partial charge in [-0.3, -0.25) is 0 Å². The molecule has 1 aliphatic carbocycles. The van der Waals surface area contributed by atoms with Crippen LogP contribution in [0.5, 0.6) is 0 Å². The lowest BCUT2D eigenvalue weighted by molar-refractivity contribution is 0.0689. The number of hydrogen-bond donors (Lipinski definition) is 1. The predicted molar refractivity (Wildman–Crippen MR) is 63.8 cm³/mol. The minimum Gasteiger partial charge on any atom is -0.476 e. The molecule has 3 rings (SSSR count). The van der Waals surface area contributed by atoms with Crippen molar-refractivity contribution in [1.29, 1.82) is 0 Å². The van der Waals surface area contributed by atoms with E-state index >= 15 is 0 Å². The minimum absolute atomic E-state index is 0.0251. The first-order valence-corrected chi connectivity index (χ1v) is 6.23. The van der Waals surface area contributed by atoms with Crippen molar-refractivity contribution in [2.45, 2.75) is 24.9 Å². The number of hydrogen-bond acceptors (Lipinski definition) is 4. The van der Waals surface area contributed by atoms with Crippen molar-refractivity contribution in [3.8, 4) is 0 Å². The molecule has 2 heterocycles. The first-order valence-electron chi connectivity index (χ1n) is 6.23. The van der Waals surface area contributed by atoms with Crippen molar-refractivity contribution >= 4 is 12.0 Å². The van der Waals surface area contributed by atoms with E-state index in [1.807, 2.05) is 7.05 Å². The van der Waals surface area contributed by atoms with Crippen LogP contribution in [0.25, 0.3) is 0 Å². The van der Waals surface area contributed by atoms with E-state index in [0.29, 0.717) is 19.1 Å². The minimum atomic E-state index is -1.09. The van der Waals surface area contributed by atoms with E-state index in [9.17, 15) is 9.59 Å². The Kier molecular flexibility index (Phi) is 2.65. The smallest absolute Gasteiger partial charge is 0.358 e. The van der Waals surface area contributed by atoms with Crippen LogP contribution in [-0.4, -0.2) is 68.1 Å². The number of likely N-dealkylation sites (tertiary alicyclic amines) is 1. The molecule has 0 aromatic carbocycles. The lowest BCUT2D eigenvalue weighted by Gasteiger charge is -2.40. The molecule has 1 aromatic heterocycles. The van der Waals surface area contributed by atoms with Gasteiger partial charge in [0.25, 0.3) is 0 Å². The Labute approximate surface area is 109 Å². The summed E-state index contributed by atoms with van der Waals surface area (Å²) in [6.07, 6.45) is 3.58. The predicted octanol–water partition coefficient (Wildman–Crippen LogP) is 0.0472. The van der Waals surface area contributed by atoms with E-state index in [2.05, 4.69) is 10.3 Å². The molecule has 2 aliphatic rings. The molecule has 0 unspecified atom stereocenters. The summed E-state index contributed by atoms with van der Waals surface area (Å²) in [5, 5.41) is 16.1. The third kappa shape index (κ3) is 2.13. The Morgan fingerprint density at radius 3 is 2.63 bits per heavy atom. The van der Waals surface area contributed by atoms with Crippen molar-refractivity contribution in [3.63, 3.8) is 0 Å². The van der Waals surface area contributed by atoms with Gasteiger partial charge in [0.2, 0.25) is 0 Å². The van der Waals surface area contributed by atoms with Crippen LogP contribution in [0.1, 0.15) is 29.4 Å². The maximum Gasteiger partial charge on any atom is 0.358 e. The van der Waals surface area contributed by atoms with E-state index < -0.39 is 5.97 Å². The summed E-state index contributed by atoms with van der Waals surface area (Å²) in [5.41, 5.74) is -0.0696. The molecule has 2 amide bonds. The number of carboxylic acids is 1. The van der Waals surface area contributed by atoms with Gasteiger partial charge in [0.05, 0.1) is 12.2 Å². The van der Waals surface area contributed by atoms with Crippen molar-refractivity contribution in [3.05, 3.63) is 11.9 Å². The Bertz CT molecular complexity index is 518. The van der Waals surface area contributed by atoms with E-state index in [4.69, 9.17) is 5.11 Å². The summed E-state index contributed by atoms with van der Waals surface area (Å²) in [6, 6.07) is 0.464. The lowest BCUT2D eigenvalue weighted by atomic mass is 10.1. The van der Waals surface area contributed by atoms with Gasteiger partial charge in [-0.25, -0.2) is 14.3 Å².